The molecule has 20 heavy (non-hydrogen) atoms. The third kappa shape index (κ3) is 4.62. The van der Waals surface area contributed by atoms with Gasteiger partial charge >= 0.3 is 0 Å². The second-order valence-corrected chi connectivity index (χ2v) is 6.77. The minimum Gasteiger partial charge on any atom is -0.395 e. The fourth-order valence-corrected chi connectivity index (χ4v) is 2.46. The highest BCUT2D eigenvalue weighted by Gasteiger charge is 2.20. The van der Waals surface area contributed by atoms with E-state index in [0.717, 1.165) is 11.1 Å². The highest BCUT2D eigenvalue weighted by molar-refractivity contribution is 7.86. The van der Waals surface area contributed by atoms with Crippen LogP contribution in [0.15, 0.2) is 24.3 Å². The number of rotatable bonds is 5. The van der Waals surface area contributed by atoms with Gasteiger partial charge in [-0.3, -0.25) is 0 Å². The van der Waals surface area contributed by atoms with Crippen molar-refractivity contribution in [1.82, 2.24) is 8.61 Å². The molecule has 0 heterocycles. The van der Waals surface area contributed by atoms with Crippen molar-refractivity contribution in [2.45, 2.75) is 13.0 Å². The molecule has 0 atom stereocenters. The molecule has 0 bridgehead atoms. The average molecular weight is 296 g/mol. The molecule has 1 N–H and O–H groups in total. The van der Waals surface area contributed by atoms with Crippen LogP contribution < -0.4 is 0 Å². The molecule has 6 heteroatoms. The summed E-state index contributed by atoms with van der Waals surface area (Å²) in [6.45, 7) is 0.326. The molecule has 0 aliphatic carbocycles. The molecule has 0 unspecified atom stereocenters. The normalized spacial score (nSPS) is 11.5. The third-order valence-corrected chi connectivity index (χ3v) is 4.50. The number of benzene rings is 1. The first kappa shape index (κ1) is 16.7. The van der Waals surface area contributed by atoms with Crippen LogP contribution in [0.3, 0.4) is 0 Å². The molecule has 0 aliphatic heterocycles. The molecular weight excluding hydrogens is 276 g/mol. The van der Waals surface area contributed by atoms with Gasteiger partial charge in [0.15, 0.2) is 0 Å². The van der Waals surface area contributed by atoms with Gasteiger partial charge in [0.1, 0.15) is 0 Å². The topological polar surface area (TPSA) is 60.9 Å². The van der Waals surface area contributed by atoms with E-state index in [1.807, 2.05) is 24.3 Å². The van der Waals surface area contributed by atoms with Crippen LogP contribution >= 0.6 is 0 Å². The van der Waals surface area contributed by atoms with Gasteiger partial charge in [0.25, 0.3) is 10.2 Å². The zero-order valence-electron chi connectivity index (χ0n) is 12.0. The van der Waals surface area contributed by atoms with Gasteiger partial charge in [-0.05, 0) is 17.7 Å². The van der Waals surface area contributed by atoms with Gasteiger partial charge in [0.2, 0.25) is 0 Å². The van der Waals surface area contributed by atoms with Gasteiger partial charge in [-0.15, -0.1) is 0 Å². The summed E-state index contributed by atoms with van der Waals surface area (Å²) in [7, 11) is 1.14. The van der Waals surface area contributed by atoms with Crippen molar-refractivity contribution in [3.63, 3.8) is 0 Å². The van der Waals surface area contributed by atoms with E-state index in [1.165, 1.54) is 22.7 Å². The predicted octanol–water partition coefficient (Wildman–Crippen LogP) is 0.659. The molecule has 0 amide bonds. The lowest BCUT2D eigenvalue weighted by Gasteiger charge is -2.21. The van der Waals surface area contributed by atoms with Crippen LogP contribution in [0, 0.1) is 11.8 Å². The van der Waals surface area contributed by atoms with Crippen molar-refractivity contribution in [2.24, 2.45) is 0 Å². The highest BCUT2D eigenvalue weighted by atomic mass is 32.2. The third-order valence-electron chi connectivity index (χ3n) is 2.66. The summed E-state index contributed by atoms with van der Waals surface area (Å²) in [5.41, 5.74) is 1.68. The minimum absolute atomic E-state index is 0.0382. The highest BCUT2D eigenvalue weighted by Crippen LogP contribution is 2.10. The Labute approximate surface area is 121 Å². The van der Waals surface area contributed by atoms with Crippen LogP contribution in [0.5, 0.6) is 0 Å². The maximum Gasteiger partial charge on any atom is 0.281 e. The molecule has 1 aromatic rings. The van der Waals surface area contributed by atoms with Crippen LogP contribution in [0.2, 0.25) is 0 Å². The summed E-state index contributed by atoms with van der Waals surface area (Å²) < 4.78 is 26.3. The van der Waals surface area contributed by atoms with Crippen LogP contribution in [-0.4, -0.2) is 49.9 Å². The van der Waals surface area contributed by atoms with Gasteiger partial charge in [-0.2, -0.15) is 17.0 Å². The van der Waals surface area contributed by atoms with Gasteiger partial charge in [-0.25, -0.2) is 0 Å². The molecule has 5 nitrogen and oxygen atoms in total. The Bertz CT molecular complexity index is 600. The lowest BCUT2D eigenvalue weighted by molar-refractivity contribution is 0.305. The van der Waals surface area contributed by atoms with Crippen molar-refractivity contribution in [3.8, 4) is 11.8 Å². The van der Waals surface area contributed by atoms with Crippen molar-refractivity contribution in [2.75, 3.05) is 27.7 Å². The van der Waals surface area contributed by atoms with Crippen LogP contribution in [0.25, 0.3) is 0 Å². The second kappa shape index (κ2) is 7.41. The Hall–Kier alpha value is -1.39. The van der Waals surface area contributed by atoms with E-state index in [1.54, 1.807) is 7.05 Å². The van der Waals surface area contributed by atoms with Gasteiger partial charge in [-0.1, -0.05) is 24.0 Å². The Balaban J connectivity index is 2.85. The first-order valence-electron chi connectivity index (χ1n) is 6.20. The molecule has 0 saturated heterocycles. The van der Waals surface area contributed by atoms with E-state index in [4.69, 9.17) is 5.11 Å². The second-order valence-electron chi connectivity index (χ2n) is 4.52. The summed E-state index contributed by atoms with van der Waals surface area (Å²) in [5.74, 6) is 5.77. The molecule has 0 fully saturated rings. The number of hydrogen-bond acceptors (Lipinski definition) is 3. The standard InChI is InChI=1S/C14H20N2O3S/c1-15(2)20(18,19)16(3)12-14-9-6-8-13(11-14)7-4-5-10-17/h6,8-9,11,17H,5,10,12H2,1-3H3. The molecule has 110 valence electrons. The van der Waals surface area contributed by atoms with Crippen LogP contribution in [0.1, 0.15) is 17.5 Å². The number of aliphatic hydroxyl groups excluding tert-OH is 1. The summed E-state index contributed by atoms with van der Waals surface area (Å²) >= 11 is 0. The number of aliphatic hydroxyl groups is 1. The molecule has 1 aromatic carbocycles. The Morgan fingerprint density at radius 2 is 1.95 bits per heavy atom. The molecule has 0 radical (unpaired) electrons. The lowest BCUT2D eigenvalue weighted by Crippen LogP contribution is -2.36. The summed E-state index contributed by atoms with van der Waals surface area (Å²) in [6.07, 6.45) is 0.430. The maximum absolute atomic E-state index is 11.9. The monoisotopic (exact) mass is 296 g/mol. The average Bonchev–Trinajstić information content (AvgIpc) is 2.39. The van der Waals surface area contributed by atoms with Gasteiger partial charge in [0, 0.05) is 39.7 Å². The fourth-order valence-electron chi connectivity index (χ4n) is 1.59. The van der Waals surface area contributed by atoms with Crippen molar-refractivity contribution in [3.05, 3.63) is 35.4 Å². The smallest absolute Gasteiger partial charge is 0.281 e. The van der Waals surface area contributed by atoms with E-state index in [0.29, 0.717) is 6.42 Å². The first-order chi connectivity index (χ1) is 9.37. The SMILES string of the molecule is CN(C)S(=O)(=O)N(C)Cc1cccc(C#CCCO)c1. The first-order valence-corrected chi connectivity index (χ1v) is 7.60. The lowest BCUT2D eigenvalue weighted by atomic mass is 10.1. The Kier molecular flexibility index (Phi) is 6.17. The molecule has 0 aliphatic rings. The van der Waals surface area contributed by atoms with Crippen LogP contribution in [0.4, 0.5) is 0 Å². The van der Waals surface area contributed by atoms with E-state index in [-0.39, 0.29) is 13.2 Å². The minimum atomic E-state index is -3.41. The maximum atomic E-state index is 11.9. The van der Waals surface area contributed by atoms with Gasteiger partial charge in [0.05, 0.1) is 6.61 Å². The summed E-state index contributed by atoms with van der Waals surface area (Å²) in [6, 6.07) is 7.41. The summed E-state index contributed by atoms with van der Waals surface area (Å²) in [4.78, 5) is 0. The molecule has 0 spiro atoms. The fraction of sp³-hybridized carbons (Fsp3) is 0.429. The van der Waals surface area contributed by atoms with Crippen molar-refractivity contribution in [1.29, 1.82) is 0 Å². The zero-order chi connectivity index (χ0) is 15.2. The molecular formula is C14H20N2O3S. The van der Waals surface area contributed by atoms with E-state index < -0.39 is 10.2 Å². The zero-order valence-corrected chi connectivity index (χ0v) is 12.8. The Morgan fingerprint density at radius 1 is 1.25 bits per heavy atom. The predicted molar refractivity (Wildman–Crippen MR) is 79.1 cm³/mol. The summed E-state index contributed by atoms with van der Waals surface area (Å²) in [5, 5.41) is 8.68. The number of hydrogen-bond donors (Lipinski definition) is 1. The largest absolute Gasteiger partial charge is 0.395 e. The Morgan fingerprint density at radius 3 is 2.55 bits per heavy atom. The van der Waals surface area contributed by atoms with Crippen molar-refractivity contribution >= 4 is 10.2 Å². The molecule has 1 rings (SSSR count). The van der Waals surface area contributed by atoms with E-state index in [2.05, 4.69) is 11.8 Å². The van der Waals surface area contributed by atoms with Crippen LogP contribution in [-0.2, 0) is 16.8 Å². The van der Waals surface area contributed by atoms with Crippen molar-refractivity contribution < 1.29 is 13.5 Å². The molecule has 0 saturated carbocycles. The quantitative estimate of drug-likeness (QED) is 0.812. The van der Waals surface area contributed by atoms with Gasteiger partial charge < -0.3 is 5.11 Å². The molecule has 0 aromatic heterocycles. The number of nitrogens with zero attached hydrogens (tertiary/aromatic N) is 2. The van der Waals surface area contributed by atoms with E-state index >= 15 is 0 Å². The van der Waals surface area contributed by atoms with E-state index in [9.17, 15) is 8.42 Å².